The lowest BCUT2D eigenvalue weighted by Crippen LogP contribution is -2.11. The molecule has 0 fully saturated rings. The fourth-order valence-electron chi connectivity index (χ4n) is 1.21. The van der Waals surface area contributed by atoms with Crippen LogP contribution in [-0.2, 0) is 0 Å². The zero-order valence-electron chi connectivity index (χ0n) is 8.80. The van der Waals surface area contributed by atoms with E-state index in [2.05, 4.69) is 5.32 Å². The molecule has 1 aromatic carbocycles. The Morgan fingerprint density at radius 3 is 2.71 bits per heavy atom. The summed E-state index contributed by atoms with van der Waals surface area (Å²) in [6, 6.07) is 4.75. The van der Waals surface area contributed by atoms with Crippen LogP contribution < -0.4 is 10.1 Å². The lowest BCUT2D eigenvalue weighted by Gasteiger charge is -2.14. The molecule has 0 aromatic heterocycles. The van der Waals surface area contributed by atoms with E-state index in [0.717, 1.165) is 0 Å². The van der Waals surface area contributed by atoms with Crippen LogP contribution in [0, 0.1) is 5.82 Å². The van der Waals surface area contributed by atoms with Crippen molar-refractivity contribution in [1.29, 1.82) is 0 Å². The van der Waals surface area contributed by atoms with Crippen LogP contribution in [0.5, 0.6) is 5.75 Å². The van der Waals surface area contributed by atoms with Crippen LogP contribution in [0.15, 0.2) is 18.2 Å². The van der Waals surface area contributed by atoms with Gasteiger partial charge in [-0.05, 0) is 32.9 Å². The van der Waals surface area contributed by atoms with Gasteiger partial charge >= 0.3 is 0 Å². The van der Waals surface area contributed by atoms with Crippen LogP contribution in [0.3, 0.4) is 0 Å². The Balaban J connectivity index is 2.90. The van der Waals surface area contributed by atoms with Crippen LogP contribution in [0.2, 0.25) is 0 Å². The predicted molar refractivity (Wildman–Crippen MR) is 56.3 cm³/mol. The van der Waals surface area contributed by atoms with Crippen molar-refractivity contribution in [2.45, 2.75) is 26.8 Å². The van der Waals surface area contributed by atoms with E-state index in [9.17, 15) is 4.39 Å². The summed E-state index contributed by atoms with van der Waals surface area (Å²) in [5.74, 6) is 0.444. The van der Waals surface area contributed by atoms with Gasteiger partial charge in [-0.25, -0.2) is 4.39 Å². The Bertz CT molecular complexity index is 299. The Hall–Kier alpha value is -1.25. The third kappa shape index (κ3) is 2.91. The van der Waals surface area contributed by atoms with Crippen molar-refractivity contribution in [1.82, 2.24) is 0 Å². The second kappa shape index (κ2) is 4.84. The van der Waals surface area contributed by atoms with Gasteiger partial charge in [0.25, 0.3) is 0 Å². The van der Waals surface area contributed by atoms with Gasteiger partial charge in [0.05, 0.1) is 12.3 Å². The predicted octanol–water partition coefficient (Wildman–Crippen LogP) is 3.04. The highest BCUT2D eigenvalue weighted by atomic mass is 19.1. The van der Waals surface area contributed by atoms with E-state index in [4.69, 9.17) is 4.74 Å². The third-order valence-corrected chi connectivity index (χ3v) is 1.69. The second-order valence-electron chi connectivity index (χ2n) is 3.37. The van der Waals surface area contributed by atoms with Crippen LogP contribution in [0.4, 0.5) is 10.1 Å². The minimum atomic E-state index is -0.253. The maximum Gasteiger partial charge on any atom is 0.142 e. The molecule has 3 heteroatoms. The first kappa shape index (κ1) is 10.8. The van der Waals surface area contributed by atoms with E-state index in [1.165, 1.54) is 12.1 Å². The van der Waals surface area contributed by atoms with Gasteiger partial charge in [0.15, 0.2) is 0 Å². The number of halogens is 1. The van der Waals surface area contributed by atoms with E-state index < -0.39 is 0 Å². The molecule has 1 N–H and O–H groups in total. The summed E-state index contributed by atoms with van der Waals surface area (Å²) in [6.07, 6.45) is 0. The van der Waals surface area contributed by atoms with Crippen molar-refractivity contribution in [3.05, 3.63) is 24.0 Å². The molecule has 0 saturated carbocycles. The molecule has 0 aliphatic rings. The molecule has 0 bridgehead atoms. The molecule has 2 nitrogen and oxygen atoms in total. The molecule has 0 heterocycles. The van der Waals surface area contributed by atoms with Crippen molar-refractivity contribution in [2.75, 3.05) is 11.9 Å². The van der Waals surface area contributed by atoms with Crippen LogP contribution >= 0.6 is 0 Å². The molecule has 1 rings (SSSR count). The van der Waals surface area contributed by atoms with Gasteiger partial charge in [-0.2, -0.15) is 0 Å². The fourth-order valence-corrected chi connectivity index (χ4v) is 1.21. The molecule has 0 spiro atoms. The lowest BCUT2D eigenvalue weighted by molar-refractivity contribution is 0.341. The summed E-state index contributed by atoms with van der Waals surface area (Å²) in [5, 5.41) is 3.13. The van der Waals surface area contributed by atoms with Crippen molar-refractivity contribution < 1.29 is 9.13 Å². The van der Waals surface area contributed by atoms with Crippen LogP contribution in [-0.4, -0.2) is 12.6 Å². The van der Waals surface area contributed by atoms with Gasteiger partial charge in [0.2, 0.25) is 0 Å². The molecule has 78 valence electrons. The molecule has 0 aliphatic carbocycles. The first-order chi connectivity index (χ1) is 6.63. The Morgan fingerprint density at radius 1 is 1.43 bits per heavy atom. The minimum absolute atomic E-state index is 0.253. The summed E-state index contributed by atoms with van der Waals surface area (Å²) in [4.78, 5) is 0. The van der Waals surface area contributed by atoms with Gasteiger partial charge in [0.1, 0.15) is 11.6 Å². The van der Waals surface area contributed by atoms with E-state index in [0.29, 0.717) is 18.0 Å². The largest absolute Gasteiger partial charge is 0.492 e. The Kier molecular flexibility index (Phi) is 3.74. The monoisotopic (exact) mass is 197 g/mol. The third-order valence-electron chi connectivity index (χ3n) is 1.69. The number of ether oxygens (including phenoxy) is 1. The van der Waals surface area contributed by atoms with Crippen LogP contribution in [0.1, 0.15) is 20.8 Å². The number of benzene rings is 1. The van der Waals surface area contributed by atoms with E-state index in [-0.39, 0.29) is 11.9 Å². The number of anilines is 1. The van der Waals surface area contributed by atoms with Crippen molar-refractivity contribution in [3.63, 3.8) is 0 Å². The molecule has 14 heavy (non-hydrogen) atoms. The summed E-state index contributed by atoms with van der Waals surface area (Å²) < 4.78 is 18.3. The molecule has 0 saturated heterocycles. The number of hydrogen-bond donors (Lipinski definition) is 1. The molecular weight excluding hydrogens is 181 g/mol. The number of nitrogens with one attached hydrogen (secondary N) is 1. The van der Waals surface area contributed by atoms with E-state index in [1.807, 2.05) is 20.8 Å². The first-order valence-electron chi connectivity index (χ1n) is 4.82. The second-order valence-corrected chi connectivity index (χ2v) is 3.37. The topological polar surface area (TPSA) is 21.3 Å². The standard InChI is InChI=1S/C11H16FNO/c1-4-14-11-6-5-9(12)7-10(11)13-8(2)3/h5-8,13H,4H2,1-3H3. The Morgan fingerprint density at radius 2 is 2.14 bits per heavy atom. The summed E-state index contributed by atoms with van der Waals surface area (Å²) >= 11 is 0. The maximum absolute atomic E-state index is 12.9. The average Bonchev–Trinajstić information content (AvgIpc) is 2.09. The minimum Gasteiger partial charge on any atom is -0.492 e. The number of rotatable bonds is 4. The van der Waals surface area contributed by atoms with Gasteiger partial charge < -0.3 is 10.1 Å². The van der Waals surface area contributed by atoms with Gasteiger partial charge in [0, 0.05) is 12.1 Å². The molecule has 0 radical (unpaired) electrons. The molecule has 0 amide bonds. The van der Waals surface area contributed by atoms with Gasteiger partial charge in [-0.3, -0.25) is 0 Å². The zero-order valence-corrected chi connectivity index (χ0v) is 8.80. The van der Waals surface area contributed by atoms with Gasteiger partial charge in [-0.1, -0.05) is 0 Å². The smallest absolute Gasteiger partial charge is 0.142 e. The van der Waals surface area contributed by atoms with Crippen molar-refractivity contribution >= 4 is 5.69 Å². The summed E-state index contributed by atoms with van der Waals surface area (Å²) in [5.41, 5.74) is 0.710. The maximum atomic E-state index is 12.9. The van der Waals surface area contributed by atoms with E-state index in [1.54, 1.807) is 6.07 Å². The van der Waals surface area contributed by atoms with Crippen molar-refractivity contribution in [3.8, 4) is 5.75 Å². The lowest BCUT2D eigenvalue weighted by atomic mass is 10.2. The SMILES string of the molecule is CCOc1ccc(F)cc1NC(C)C. The Labute approximate surface area is 84.1 Å². The van der Waals surface area contributed by atoms with E-state index >= 15 is 0 Å². The number of hydrogen-bond acceptors (Lipinski definition) is 2. The van der Waals surface area contributed by atoms with Gasteiger partial charge in [-0.15, -0.1) is 0 Å². The molecule has 1 aromatic rings. The molecule has 0 atom stereocenters. The normalized spacial score (nSPS) is 10.4. The quantitative estimate of drug-likeness (QED) is 0.801. The summed E-state index contributed by atoms with van der Waals surface area (Å²) in [6.45, 7) is 6.49. The highest BCUT2D eigenvalue weighted by Gasteiger charge is 2.05. The summed E-state index contributed by atoms with van der Waals surface area (Å²) in [7, 11) is 0. The highest BCUT2D eigenvalue weighted by molar-refractivity contribution is 5.56. The molecule has 0 unspecified atom stereocenters. The van der Waals surface area contributed by atoms with Crippen LogP contribution in [0.25, 0.3) is 0 Å². The van der Waals surface area contributed by atoms with Crippen molar-refractivity contribution in [2.24, 2.45) is 0 Å². The molecular formula is C11H16FNO. The highest BCUT2D eigenvalue weighted by Crippen LogP contribution is 2.25. The first-order valence-corrected chi connectivity index (χ1v) is 4.82. The average molecular weight is 197 g/mol. The molecule has 0 aliphatic heterocycles. The zero-order chi connectivity index (χ0) is 10.6. The fraction of sp³-hybridized carbons (Fsp3) is 0.455.